The zero-order valence-corrected chi connectivity index (χ0v) is 17.2. The van der Waals surface area contributed by atoms with Crippen LogP contribution in [0.25, 0.3) is 11.1 Å². The normalized spacial score (nSPS) is 18.6. The van der Waals surface area contributed by atoms with Crippen LogP contribution in [0.15, 0.2) is 48.5 Å². The predicted octanol–water partition coefficient (Wildman–Crippen LogP) is 1.89. The van der Waals surface area contributed by atoms with Crippen LogP contribution >= 0.6 is 0 Å². The summed E-state index contributed by atoms with van der Waals surface area (Å²) in [7, 11) is 0. The highest BCUT2D eigenvalue weighted by atomic mass is 16.6. The number of aliphatic carboxylic acids is 1. The van der Waals surface area contributed by atoms with Crippen molar-refractivity contribution in [1.29, 1.82) is 0 Å². The number of hydrogen-bond acceptors (Lipinski definition) is 5. The Balaban J connectivity index is 1.34. The van der Waals surface area contributed by atoms with Crippen LogP contribution in [0.2, 0.25) is 0 Å². The summed E-state index contributed by atoms with van der Waals surface area (Å²) in [6.07, 6.45) is -1.05. The Morgan fingerprint density at radius 1 is 1.06 bits per heavy atom. The lowest BCUT2D eigenvalue weighted by Gasteiger charge is -2.20. The second-order valence-electron chi connectivity index (χ2n) is 7.48. The molecule has 8 heteroatoms. The van der Waals surface area contributed by atoms with Crippen molar-refractivity contribution in [2.75, 3.05) is 19.8 Å². The minimum Gasteiger partial charge on any atom is -0.472 e. The summed E-state index contributed by atoms with van der Waals surface area (Å²) < 4.78 is 11.0. The fraction of sp³-hybridized carbons (Fsp3) is 0.292. The van der Waals surface area contributed by atoms with Gasteiger partial charge in [-0.2, -0.15) is 0 Å². The number of alkyl carbamates (subject to hydrolysis) is 1. The van der Waals surface area contributed by atoms with E-state index in [1.165, 1.54) is 0 Å². The maximum Gasteiger partial charge on any atom is 0.407 e. The molecule has 2 atom stereocenters. The molecule has 3 N–H and O–H groups in total. The fourth-order valence-corrected chi connectivity index (χ4v) is 4.14. The molecule has 1 aliphatic heterocycles. The van der Waals surface area contributed by atoms with Crippen LogP contribution in [-0.2, 0) is 19.1 Å². The van der Waals surface area contributed by atoms with Crippen molar-refractivity contribution in [3.05, 3.63) is 59.7 Å². The summed E-state index contributed by atoms with van der Waals surface area (Å²) in [6.45, 7) is 0.366. The van der Waals surface area contributed by atoms with Crippen molar-refractivity contribution in [3.63, 3.8) is 0 Å². The van der Waals surface area contributed by atoms with E-state index in [1.807, 2.05) is 42.3 Å². The Morgan fingerprint density at radius 3 is 2.38 bits per heavy atom. The third-order valence-electron chi connectivity index (χ3n) is 5.54. The third kappa shape index (κ3) is 4.58. The van der Waals surface area contributed by atoms with Gasteiger partial charge in [-0.3, -0.25) is 4.79 Å². The van der Waals surface area contributed by atoms with Gasteiger partial charge in [0, 0.05) is 18.4 Å². The topological polar surface area (TPSA) is 114 Å². The molecule has 0 unspecified atom stereocenters. The summed E-state index contributed by atoms with van der Waals surface area (Å²) in [6, 6.07) is 15.6. The number of benzene rings is 2. The van der Waals surface area contributed by atoms with E-state index in [1.54, 1.807) is 0 Å². The Hall–Kier alpha value is -3.83. The highest BCUT2D eigenvalue weighted by molar-refractivity contribution is 5.87. The highest BCUT2D eigenvalue weighted by Gasteiger charge is 2.36. The fourth-order valence-electron chi connectivity index (χ4n) is 4.14. The number of rotatable bonds is 5. The molecule has 8 nitrogen and oxygen atoms in total. The van der Waals surface area contributed by atoms with Crippen LogP contribution in [-0.4, -0.2) is 55.0 Å². The van der Waals surface area contributed by atoms with Gasteiger partial charge in [0.05, 0.1) is 12.6 Å². The SMILES string of the molecule is O=C(O)C#CCNC(=O)[C@H]1OCC[C@H]1NC(=O)OCC1c2ccccc2-c2ccccc21. The summed E-state index contributed by atoms with van der Waals surface area (Å²) in [5.41, 5.74) is 4.52. The summed E-state index contributed by atoms with van der Waals surface area (Å²) >= 11 is 0. The van der Waals surface area contributed by atoms with Crippen molar-refractivity contribution >= 4 is 18.0 Å². The molecule has 4 rings (SSSR count). The first kappa shape index (κ1) is 21.4. The molecule has 1 saturated heterocycles. The lowest BCUT2D eigenvalue weighted by molar-refractivity contribution is -0.131. The molecule has 0 spiro atoms. The van der Waals surface area contributed by atoms with E-state index in [9.17, 15) is 14.4 Å². The van der Waals surface area contributed by atoms with Gasteiger partial charge >= 0.3 is 12.1 Å². The van der Waals surface area contributed by atoms with Crippen LogP contribution < -0.4 is 10.6 Å². The average molecular weight is 434 g/mol. The molecule has 1 aliphatic carbocycles. The Bertz CT molecular complexity index is 1060. The van der Waals surface area contributed by atoms with E-state index in [4.69, 9.17) is 14.6 Å². The second-order valence-corrected chi connectivity index (χ2v) is 7.48. The number of hydrogen-bond donors (Lipinski definition) is 3. The minimum absolute atomic E-state index is 0.0557. The van der Waals surface area contributed by atoms with Gasteiger partial charge in [-0.1, -0.05) is 54.5 Å². The van der Waals surface area contributed by atoms with Crippen LogP contribution in [0.1, 0.15) is 23.5 Å². The molecule has 0 radical (unpaired) electrons. The maximum atomic E-state index is 12.5. The third-order valence-corrected chi connectivity index (χ3v) is 5.54. The number of carbonyl (C=O) groups excluding carboxylic acids is 2. The number of amides is 2. The van der Waals surface area contributed by atoms with Gasteiger partial charge in [0.1, 0.15) is 6.61 Å². The van der Waals surface area contributed by atoms with E-state index >= 15 is 0 Å². The molecular weight excluding hydrogens is 412 g/mol. The number of carbonyl (C=O) groups is 3. The van der Waals surface area contributed by atoms with Gasteiger partial charge in [0.15, 0.2) is 6.10 Å². The Labute approximate surface area is 184 Å². The second kappa shape index (κ2) is 9.54. The lowest BCUT2D eigenvalue weighted by atomic mass is 9.98. The monoisotopic (exact) mass is 434 g/mol. The van der Waals surface area contributed by atoms with Crippen LogP contribution in [0.5, 0.6) is 0 Å². The van der Waals surface area contributed by atoms with Gasteiger partial charge in [-0.05, 0) is 28.7 Å². The van der Waals surface area contributed by atoms with Crippen LogP contribution in [0, 0.1) is 11.8 Å². The molecule has 32 heavy (non-hydrogen) atoms. The quantitative estimate of drug-likeness (QED) is 0.620. The van der Waals surface area contributed by atoms with Gasteiger partial charge in [-0.15, -0.1) is 0 Å². The number of fused-ring (bicyclic) bond motifs is 3. The van der Waals surface area contributed by atoms with Crippen LogP contribution in [0.4, 0.5) is 4.79 Å². The van der Waals surface area contributed by atoms with E-state index < -0.39 is 30.1 Å². The first-order valence-electron chi connectivity index (χ1n) is 10.3. The smallest absolute Gasteiger partial charge is 0.407 e. The average Bonchev–Trinajstić information content (AvgIpc) is 3.37. The van der Waals surface area contributed by atoms with Gasteiger partial charge in [0.2, 0.25) is 0 Å². The van der Waals surface area contributed by atoms with Gasteiger partial charge < -0.3 is 25.2 Å². The summed E-state index contributed by atoms with van der Waals surface area (Å²) in [5, 5.41) is 13.7. The molecule has 0 bridgehead atoms. The van der Waals surface area contributed by atoms with Crippen molar-refractivity contribution in [3.8, 4) is 23.0 Å². The molecule has 0 saturated carbocycles. The number of carboxylic acid groups (broad SMARTS) is 1. The maximum absolute atomic E-state index is 12.5. The van der Waals surface area contributed by atoms with Gasteiger partial charge in [0.25, 0.3) is 5.91 Å². The van der Waals surface area contributed by atoms with E-state index in [0.717, 1.165) is 22.3 Å². The zero-order chi connectivity index (χ0) is 22.5. The lowest BCUT2D eigenvalue weighted by Crippen LogP contribution is -2.48. The predicted molar refractivity (Wildman–Crippen MR) is 115 cm³/mol. The largest absolute Gasteiger partial charge is 0.472 e. The number of nitrogens with one attached hydrogen (secondary N) is 2. The molecule has 0 aromatic heterocycles. The first-order chi connectivity index (χ1) is 15.5. The van der Waals surface area contributed by atoms with Crippen molar-refractivity contribution in [2.24, 2.45) is 0 Å². The Morgan fingerprint density at radius 2 is 1.72 bits per heavy atom. The molecule has 1 fully saturated rings. The molecule has 2 amide bonds. The number of carboxylic acids is 1. The van der Waals surface area contributed by atoms with Crippen molar-refractivity contribution < 1.29 is 29.0 Å². The standard InChI is InChI=1S/C24H22N2O6/c27-21(28)10-5-12-25-23(29)22-20(11-13-31-22)26-24(30)32-14-19-17-8-3-1-6-15(17)16-7-2-4-9-18(16)19/h1-4,6-9,19-20,22H,11-14H2,(H,25,29)(H,26,30)(H,27,28)/t20-,22+/m1/s1. The molecule has 164 valence electrons. The molecular formula is C24H22N2O6. The van der Waals surface area contributed by atoms with E-state index in [0.29, 0.717) is 13.0 Å². The van der Waals surface area contributed by atoms with Crippen molar-refractivity contribution in [2.45, 2.75) is 24.5 Å². The Kier molecular flexibility index (Phi) is 6.38. The highest BCUT2D eigenvalue weighted by Crippen LogP contribution is 2.44. The zero-order valence-electron chi connectivity index (χ0n) is 17.2. The minimum atomic E-state index is -1.27. The molecule has 2 aromatic carbocycles. The number of ether oxygens (including phenoxy) is 2. The summed E-state index contributed by atoms with van der Waals surface area (Å²) in [4.78, 5) is 35.1. The first-order valence-corrected chi connectivity index (χ1v) is 10.3. The van der Waals surface area contributed by atoms with E-state index in [-0.39, 0.29) is 19.1 Å². The van der Waals surface area contributed by atoms with E-state index in [2.05, 4.69) is 28.7 Å². The molecule has 2 aromatic rings. The molecule has 1 heterocycles. The molecule has 2 aliphatic rings. The van der Waals surface area contributed by atoms with Gasteiger partial charge in [-0.25, -0.2) is 9.59 Å². The summed E-state index contributed by atoms with van der Waals surface area (Å²) in [5.74, 6) is 2.43. The van der Waals surface area contributed by atoms with Crippen LogP contribution in [0.3, 0.4) is 0 Å². The van der Waals surface area contributed by atoms with Crippen molar-refractivity contribution in [1.82, 2.24) is 10.6 Å².